The Hall–Kier alpha value is -2.74. The molecule has 0 unspecified atom stereocenters. The highest BCUT2D eigenvalue weighted by molar-refractivity contribution is 7.97. The van der Waals surface area contributed by atoms with Crippen molar-refractivity contribution < 1.29 is 19.4 Å². The van der Waals surface area contributed by atoms with Crippen LogP contribution >= 0.6 is 12.0 Å². The maximum absolute atomic E-state index is 10.1. The Kier molecular flexibility index (Phi) is 11.7. The van der Waals surface area contributed by atoms with Crippen molar-refractivity contribution in [3.8, 4) is 11.5 Å². The summed E-state index contributed by atoms with van der Waals surface area (Å²) in [7, 11) is -0.0829. The van der Waals surface area contributed by atoms with Crippen molar-refractivity contribution >= 4 is 22.9 Å². The van der Waals surface area contributed by atoms with Gasteiger partial charge in [0, 0.05) is 4.90 Å². The molecule has 0 radical (unpaired) electrons. The topological polar surface area (TPSA) is 50.8 Å². The number of benzene rings is 4. The molecule has 6 heteroatoms. The van der Waals surface area contributed by atoms with Crippen LogP contribution in [0.15, 0.2) is 111 Å². The Morgan fingerprint density at radius 1 is 0.675 bits per heavy atom. The Morgan fingerprint density at radius 3 is 1.60 bits per heavy atom. The summed E-state index contributed by atoms with van der Waals surface area (Å²) >= 11 is 1.02. The van der Waals surface area contributed by atoms with Gasteiger partial charge in [-0.1, -0.05) is 104 Å². The molecule has 0 aromatic heterocycles. The van der Waals surface area contributed by atoms with E-state index in [0.29, 0.717) is 17.8 Å². The number of hydrogen-bond donors (Lipinski definition) is 0. The average Bonchev–Trinajstić information content (AvgIpc) is 2.94. The summed E-state index contributed by atoms with van der Waals surface area (Å²) in [6.45, 7) is 13.0. The monoisotopic (exact) mass is 576 g/mol. The molecular formula is C34H40O4S2. The smallest absolute Gasteiger partial charge is 0.209 e. The first-order valence-corrected chi connectivity index (χ1v) is 15.2. The first-order chi connectivity index (χ1) is 18.8. The van der Waals surface area contributed by atoms with Crippen molar-refractivity contribution in [2.75, 3.05) is 0 Å². The molecule has 0 saturated heterocycles. The van der Waals surface area contributed by atoms with Crippen LogP contribution in [-0.2, 0) is 20.3 Å². The first kappa shape index (κ1) is 31.8. The fourth-order valence-electron chi connectivity index (χ4n) is 4.49. The fourth-order valence-corrected chi connectivity index (χ4v) is 7.59. The van der Waals surface area contributed by atoms with E-state index in [1.54, 1.807) is 0 Å². The number of ether oxygens (including phenoxy) is 1. The largest absolute Gasteiger partial charge is 0.691 e. The molecule has 5 rings (SSSR count). The zero-order valence-corrected chi connectivity index (χ0v) is 25.0. The molecule has 4 aromatic rings. The van der Waals surface area contributed by atoms with Crippen LogP contribution in [0.3, 0.4) is 0 Å². The predicted octanol–water partition coefficient (Wildman–Crippen LogP) is 9.81. The van der Waals surface area contributed by atoms with Crippen LogP contribution in [0, 0.1) is 0 Å². The van der Waals surface area contributed by atoms with Crippen LogP contribution in [0.1, 0.15) is 83.4 Å². The summed E-state index contributed by atoms with van der Waals surface area (Å²) in [4.78, 5) is 4.86. The Labute approximate surface area is 247 Å². The second-order valence-electron chi connectivity index (χ2n) is 10.3. The summed E-state index contributed by atoms with van der Waals surface area (Å²) in [6, 6.07) is 31.7. The number of fused-ring (bicyclic) bond motifs is 2. The molecule has 4 nitrogen and oxygen atoms in total. The van der Waals surface area contributed by atoms with Crippen LogP contribution in [0.2, 0.25) is 0 Å². The molecule has 1 aliphatic rings. The summed E-state index contributed by atoms with van der Waals surface area (Å²) < 4.78 is 10.6. The minimum Gasteiger partial charge on any atom is -0.691 e. The molecule has 0 aliphatic carbocycles. The minimum atomic E-state index is -0.0829. The first-order valence-electron chi connectivity index (χ1n) is 13.3. The van der Waals surface area contributed by atoms with E-state index in [9.17, 15) is 5.26 Å². The molecule has 0 atom stereocenters. The van der Waals surface area contributed by atoms with Crippen LogP contribution in [0.5, 0.6) is 11.5 Å². The van der Waals surface area contributed by atoms with Crippen molar-refractivity contribution in [2.45, 2.75) is 86.3 Å². The highest BCUT2D eigenvalue weighted by Gasteiger charge is 2.38. The zero-order chi connectivity index (χ0) is 27.9. The molecule has 40 heavy (non-hydrogen) atoms. The quantitative estimate of drug-likeness (QED) is 0.0835. The SMILES string of the molecule is C.CC(C)c1cc(C(C)C)c(SOO[O-])c(C(C)C)c1.c1ccc([S+]2c3ccccc3Oc3ccccc32)cc1. The molecule has 0 N–H and O–H groups in total. The van der Waals surface area contributed by atoms with Gasteiger partial charge in [-0.25, -0.2) is 0 Å². The highest BCUT2D eigenvalue weighted by atomic mass is 32.2. The third kappa shape index (κ3) is 7.31. The lowest BCUT2D eigenvalue weighted by Gasteiger charge is -2.21. The van der Waals surface area contributed by atoms with Crippen LogP contribution in [0.25, 0.3) is 0 Å². The van der Waals surface area contributed by atoms with Gasteiger partial charge in [0.1, 0.15) is 10.9 Å². The molecule has 0 spiro atoms. The Bertz CT molecular complexity index is 1290. The van der Waals surface area contributed by atoms with Crippen molar-refractivity contribution in [3.63, 3.8) is 0 Å². The van der Waals surface area contributed by atoms with Gasteiger partial charge in [-0.05, 0) is 70.8 Å². The third-order valence-electron chi connectivity index (χ3n) is 6.56. The van der Waals surface area contributed by atoms with Gasteiger partial charge in [0.2, 0.25) is 9.79 Å². The van der Waals surface area contributed by atoms with E-state index in [1.165, 1.54) is 31.4 Å². The van der Waals surface area contributed by atoms with E-state index in [1.807, 2.05) is 24.3 Å². The highest BCUT2D eigenvalue weighted by Crippen LogP contribution is 2.46. The summed E-state index contributed by atoms with van der Waals surface area (Å²) in [5, 5.41) is 13.6. The van der Waals surface area contributed by atoms with Gasteiger partial charge >= 0.3 is 0 Å². The third-order valence-corrected chi connectivity index (χ3v) is 9.62. The molecule has 1 aliphatic heterocycles. The lowest BCUT2D eigenvalue weighted by molar-refractivity contribution is -0.777. The molecule has 0 fully saturated rings. The Morgan fingerprint density at radius 2 is 1.15 bits per heavy atom. The lowest BCUT2D eigenvalue weighted by Crippen LogP contribution is -2.12. The average molecular weight is 577 g/mol. The van der Waals surface area contributed by atoms with Gasteiger partial charge in [0.25, 0.3) is 0 Å². The summed E-state index contributed by atoms with van der Waals surface area (Å²) in [6.07, 6.45) is 0. The van der Waals surface area contributed by atoms with Crippen molar-refractivity contribution in [3.05, 3.63) is 108 Å². The summed E-state index contributed by atoms with van der Waals surface area (Å²) in [5.41, 5.74) is 3.73. The van der Waals surface area contributed by atoms with Gasteiger partial charge < -0.3 is 9.99 Å². The normalized spacial score (nSPS) is 12.2. The van der Waals surface area contributed by atoms with Gasteiger partial charge in [0.15, 0.2) is 16.4 Å². The number of hydrogen-bond acceptors (Lipinski definition) is 5. The lowest BCUT2D eigenvalue weighted by atomic mass is 9.89. The predicted molar refractivity (Wildman–Crippen MR) is 165 cm³/mol. The van der Waals surface area contributed by atoms with Gasteiger partial charge in [-0.15, -0.1) is 0 Å². The van der Waals surface area contributed by atoms with E-state index in [0.717, 1.165) is 28.4 Å². The zero-order valence-electron chi connectivity index (χ0n) is 23.3. The molecular weight excluding hydrogens is 537 g/mol. The van der Waals surface area contributed by atoms with Crippen molar-refractivity contribution in [1.82, 2.24) is 0 Å². The second-order valence-corrected chi connectivity index (χ2v) is 13.0. The van der Waals surface area contributed by atoms with E-state index < -0.39 is 0 Å². The van der Waals surface area contributed by atoms with Crippen molar-refractivity contribution in [2.24, 2.45) is 0 Å². The maximum Gasteiger partial charge on any atom is 0.209 e. The molecule has 212 valence electrons. The second kappa shape index (κ2) is 14.8. The van der Waals surface area contributed by atoms with Crippen molar-refractivity contribution in [1.29, 1.82) is 0 Å². The molecule has 0 amide bonds. The number of rotatable bonds is 7. The van der Waals surface area contributed by atoms with Gasteiger partial charge in [-0.3, -0.25) is 5.04 Å². The van der Waals surface area contributed by atoms with Crippen LogP contribution < -0.4 is 9.99 Å². The van der Waals surface area contributed by atoms with Gasteiger partial charge in [0.05, 0.1) is 12.0 Å². The molecule has 0 bridgehead atoms. The number of para-hydroxylation sites is 2. The summed E-state index contributed by atoms with van der Waals surface area (Å²) in [5.74, 6) is 3.16. The standard InChI is InChI=1S/C18H13OS.C15H24O3S.CH4/c1-2-8-14(9-3-1)20-17-12-6-4-10-15(17)19-16-11-5-7-13-18(16)20;1-9(2)12-7-13(10(3)4)15(19-18-17-16)14(8-12)11(5)6;/h1-13H;7-11,16H,1-6H3;1H4/q+1;;/p-1. The minimum absolute atomic E-state index is 0. The van der Waals surface area contributed by atoms with Gasteiger partial charge in [-0.2, -0.15) is 4.33 Å². The van der Waals surface area contributed by atoms with E-state index >= 15 is 0 Å². The van der Waals surface area contributed by atoms with Crippen LogP contribution in [0.4, 0.5) is 0 Å². The molecule has 1 heterocycles. The maximum atomic E-state index is 10.1. The Balaban J connectivity index is 0.000000216. The van der Waals surface area contributed by atoms with E-state index in [2.05, 4.69) is 118 Å². The fraction of sp³-hybridized carbons (Fsp3) is 0.294. The molecule has 0 saturated carbocycles. The van der Waals surface area contributed by atoms with E-state index in [-0.39, 0.29) is 18.3 Å². The van der Waals surface area contributed by atoms with Crippen LogP contribution in [-0.4, -0.2) is 0 Å². The van der Waals surface area contributed by atoms with E-state index in [4.69, 9.17) is 4.74 Å². The molecule has 4 aromatic carbocycles.